The van der Waals surface area contributed by atoms with Gasteiger partial charge in [-0.25, -0.2) is 8.42 Å². The molecule has 7 heteroatoms. The predicted molar refractivity (Wildman–Crippen MR) is 79.0 cm³/mol. The van der Waals surface area contributed by atoms with Crippen molar-refractivity contribution in [2.45, 2.75) is 24.3 Å². The molecule has 2 heterocycles. The van der Waals surface area contributed by atoms with Crippen LogP contribution in [0.1, 0.15) is 19.4 Å². The van der Waals surface area contributed by atoms with E-state index in [9.17, 15) is 8.42 Å². The van der Waals surface area contributed by atoms with Crippen LogP contribution in [-0.4, -0.2) is 49.5 Å². The molecule has 1 saturated heterocycles. The highest BCUT2D eigenvalue weighted by molar-refractivity contribution is 7.89. The third-order valence-electron chi connectivity index (χ3n) is 3.21. The van der Waals surface area contributed by atoms with Gasteiger partial charge in [0.2, 0.25) is 10.0 Å². The van der Waals surface area contributed by atoms with Crippen molar-refractivity contribution in [1.82, 2.24) is 9.29 Å². The van der Waals surface area contributed by atoms with E-state index in [1.54, 1.807) is 0 Å². The summed E-state index contributed by atoms with van der Waals surface area (Å²) >= 11 is 0. The monoisotopic (exact) mass is 309 g/mol. The minimum atomic E-state index is -3.63. The molecule has 0 aliphatic carbocycles. The van der Waals surface area contributed by atoms with Gasteiger partial charge < -0.3 is 10.5 Å². The maximum atomic E-state index is 12.8. The molecule has 0 spiro atoms. The number of hydrogen-bond donors (Lipinski definition) is 1. The van der Waals surface area contributed by atoms with E-state index in [4.69, 9.17) is 10.5 Å². The van der Waals surface area contributed by atoms with E-state index in [1.807, 2.05) is 13.8 Å². The van der Waals surface area contributed by atoms with Crippen LogP contribution >= 0.6 is 0 Å². The van der Waals surface area contributed by atoms with Crippen LogP contribution in [0.4, 0.5) is 0 Å². The zero-order chi connectivity index (χ0) is 15.5. The molecule has 6 nitrogen and oxygen atoms in total. The van der Waals surface area contributed by atoms with Crippen molar-refractivity contribution in [1.29, 1.82) is 0 Å². The van der Waals surface area contributed by atoms with Crippen LogP contribution < -0.4 is 5.73 Å². The van der Waals surface area contributed by atoms with Gasteiger partial charge in [0.1, 0.15) is 4.90 Å². The second kappa shape index (κ2) is 6.12. The number of rotatable bonds is 2. The molecule has 0 radical (unpaired) electrons. The van der Waals surface area contributed by atoms with Gasteiger partial charge in [-0.1, -0.05) is 11.8 Å². The summed E-state index contributed by atoms with van der Waals surface area (Å²) in [4.78, 5) is 4.11. The highest BCUT2D eigenvalue weighted by Gasteiger charge is 2.39. The molecule has 1 aromatic rings. The van der Waals surface area contributed by atoms with Crippen molar-refractivity contribution in [3.63, 3.8) is 0 Å². The number of nitrogens with zero attached hydrogens (tertiary/aromatic N) is 2. The highest BCUT2D eigenvalue weighted by Crippen LogP contribution is 2.27. The molecule has 1 aliphatic heterocycles. The molecule has 0 amide bonds. The van der Waals surface area contributed by atoms with Crippen molar-refractivity contribution in [3.8, 4) is 11.8 Å². The molecule has 2 N–H and O–H groups in total. The van der Waals surface area contributed by atoms with Gasteiger partial charge in [0.05, 0.1) is 25.3 Å². The minimum absolute atomic E-state index is 0.140. The first kappa shape index (κ1) is 15.9. The number of pyridine rings is 1. The molecule has 0 aromatic carbocycles. The summed E-state index contributed by atoms with van der Waals surface area (Å²) in [5, 5.41) is 0. The van der Waals surface area contributed by atoms with Gasteiger partial charge in [-0.3, -0.25) is 4.98 Å². The Morgan fingerprint density at radius 3 is 2.90 bits per heavy atom. The van der Waals surface area contributed by atoms with E-state index in [1.165, 1.54) is 22.8 Å². The Morgan fingerprint density at radius 1 is 1.48 bits per heavy atom. The van der Waals surface area contributed by atoms with Crippen molar-refractivity contribution >= 4 is 10.0 Å². The maximum absolute atomic E-state index is 12.8. The van der Waals surface area contributed by atoms with Gasteiger partial charge >= 0.3 is 0 Å². The highest BCUT2D eigenvalue weighted by atomic mass is 32.2. The second-order valence-corrected chi connectivity index (χ2v) is 7.22. The topological polar surface area (TPSA) is 85.5 Å². The molecule has 1 fully saturated rings. The van der Waals surface area contributed by atoms with Crippen LogP contribution in [0.3, 0.4) is 0 Å². The van der Waals surface area contributed by atoms with Crippen LogP contribution in [0.15, 0.2) is 23.4 Å². The van der Waals surface area contributed by atoms with Gasteiger partial charge in [-0.2, -0.15) is 4.31 Å². The Kier molecular flexibility index (Phi) is 4.64. The molecule has 0 saturated carbocycles. The van der Waals surface area contributed by atoms with Gasteiger partial charge in [-0.05, 0) is 19.9 Å². The van der Waals surface area contributed by atoms with Crippen molar-refractivity contribution < 1.29 is 13.2 Å². The Bertz CT molecular complexity index is 674. The molecular formula is C14H19N3O3S. The van der Waals surface area contributed by atoms with E-state index in [0.717, 1.165) is 0 Å². The molecule has 114 valence electrons. The molecule has 1 aromatic heterocycles. The Hall–Kier alpha value is -1.46. The molecule has 0 atom stereocenters. The fourth-order valence-corrected chi connectivity index (χ4v) is 3.94. The number of hydrogen-bond acceptors (Lipinski definition) is 5. The van der Waals surface area contributed by atoms with E-state index in [-0.39, 0.29) is 11.4 Å². The molecule has 21 heavy (non-hydrogen) atoms. The number of sulfonamides is 1. The molecule has 1 aliphatic rings. The van der Waals surface area contributed by atoms with Crippen LogP contribution in [0.5, 0.6) is 0 Å². The summed E-state index contributed by atoms with van der Waals surface area (Å²) in [6.45, 7) is 4.99. The van der Waals surface area contributed by atoms with Gasteiger partial charge in [0.15, 0.2) is 0 Å². The Balaban J connectivity index is 2.39. The average molecular weight is 309 g/mol. The molecule has 2 rings (SSSR count). The third-order valence-corrected chi connectivity index (χ3v) is 5.28. The van der Waals surface area contributed by atoms with Crippen LogP contribution in [0.2, 0.25) is 0 Å². The third kappa shape index (κ3) is 3.41. The Labute approximate surface area is 125 Å². The van der Waals surface area contributed by atoms with Crippen molar-refractivity contribution in [2.24, 2.45) is 5.73 Å². The van der Waals surface area contributed by atoms with Gasteiger partial charge in [-0.15, -0.1) is 0 Å². The fraction of sp³-hybridized carbons (Fsp3) is 0.500. The number of morpholine rings is 1. The molecular weight excluding hydrogens is 290 g/mol. The lowest BCUT2D eigenvalue weighted by molar-refractivity contribution is -0.00771. The summed E-state index contributed by atoms with van der Waals surface area (Å²) in [6, 6.07) is 1.52. The largest absolute Gasteiger partial charge is 0.378 e. The van der Waals surface area contributed by atoms with E-state index in [0.29, 0.717) is 25.3 Å². The standard InChI is InChI=1S/C14H19N3O3S/c1-14(2)11-20-7-6-17(14)21(18,19)13-8-12(4-3-5-15)9-16-10-13/h8-10H,5-7,11,15H2,1-2H3. The fourth-order valence-electron chi connectivity index (χ4n) is 2.20. The summed E-state index contributed by atoms with van der Waals surface area (Å²) < 4.78 is 32.4. The number of nitrogens with two attached hydrogens (primary N) is 1. The predicted octanol–water partition coefficient (Wildman–Crippen LogP) is 0.191. The summed E-state index contributed by atoms with van der Waals surface area (Å²) in [5.74, 6) is 5.48. The lowest BCUT2D eigenvalue weighted by Gasteiger charge is -2.40. The molecule has 0 bridgehead atoms. The average Bonchev–Trinajstić information content (AvgIpc) is 2.44. The summed E-state index contributed by atoms with van der Waals surface area (Å²) in [6.07, 6.45) is 2.86. The van der Waals surface area contributed by atoms with E-state index in [2.05, 4.69) is 16.8 Å². The SMILES string of the molecule is CC1(C)COCCN1S(=O)(=O)c1cncc(C#CCN)c1. The van der Waals surface area contributed by atoms with Gasteiger partial charge in [0.25, 0.3) is 0 Å². The first-order valence-corrected chi connectivity index (χ1v) is 8.06. The smallest absolute Gasteiger partial charge is 0.245 e. The van der Waals surface area contributed by atoms with Gasteiger partial charge in [0, 0.05) is 24.5 Å². The number of ether oxygens (including phenoxy) is 1. The number of aromatic nitrogens is 1. The lowest BCUT2D eigenvalue weighted by Crippen LogP contribution is -2.55. The summed E-state index contributed by atoms with van der Waals surface area (Å²) in [7, 11) is -3.63. The van der Waals surface area contributed by atoms with Crippen LogP contribution in [-0.2, 0) is 14.8 Å². The quantitative estimate of drug-likeness (QED) is 0.788. The van der Waals surface area contributed by atoms with E-state index >= 15 is 0 Å². The summed E-state index contributed by atoms with van der Waals surface area (Å²) in [5.41, 5.74) is 5.27. The zero-order valence-corrected chi connectivity index (χ0v) is 13.0. The first-order chi connectivity index (χ1) is 9.88. The minimum Gasteiger partial charge on any atom is -0.378 e. The molecule has 0 unspecified atom stereocenters. The van der Waals surface area contributed by atoms with Crippen molar-refractivity contribution in [3.05, 3.63) is 24.0 Å². The second-order valence-electron chi connectivity index (χ2n) is 5.36. The zero-order valence-electron chi connectivity index (χ0n) is 12.2. The normalized spacial score (nSPS) is 18.8. The van der Waals surface area contributed by atoms with E-state index < -0.39 is 15.6 Å². The first-order valence-electron chi connectivity index (χ1n) is 6.62. The van der Waals surface area contributed by atoms with Crippen LogP contribution in [0, 0.1) is 11.8 Å². The Morgan fingerprint density at radius 2 is 2.24 bits per heavy atom. The van der Waals surface area contributed by atoms with Crippen molar-refractivity contribution in [2.75, 3.05) is 26.3 Å². The maximum Gasteiger partial charge on any atom is 0.245 e. The van der Waals surface area contributed by atoms with Crippen LogP contribution in [0.25, 0.3) is 0 Å². The lowest BCUT2D eigenvalue weighted by atomic mass is 10.1.